The summed E-state index contributed by atoms with van der Waals surface area (Å²) in [7, 11) is 0. The van der Waals surface area contributed by atoms with Crippen molar-refractivity contribution in [3.8, 4) is 0 Å². The van der Waals surface area contributed by atoms with E-state index in [2.05, 4.69) is 0 Å². The van der Waals surface area contributed by atoms with Crippen molar-refractivity contribution in [2.24, 2.45) is 17.6 Å². The molecule has 0 aromatic rings. The maximum atomic E-state index is 11.3. The predicted molar refractivity (Wildman–Crippen MR) is 48.6 cm³/mol. The molecule has 0 heterocycles. The molecule has 1 atom stereocenters. The van der Waals surface area contributed by atoms with Gasteiger partial charge in [-0.25, -0.2) is 0 Å². The van der Waals surface area contributed by atoms with Crippen molar-refractivity contribution in [2.75, 3.05) is 6.54 Å². The molecular weight excluding hydrogens is 154 g/mol. The number of nitrogens with two attached hydrogens (primary N) is 1. The molecule has 0 amide bonds. The summed E-state index contributed by atoms with van der Waals surface area (Å²) in [6.45, 7) is 7.99. The monoisotopic (exact) mass is 173 g/mol. The van der Waals surface area contributed by atoms with E-state index in [1.807, 2.05) is 27.7 Å². The molecule has 12 heavy (non-hydrogen) atoms. The third-order valence-corrected chi connectivity index (χ3v) is 1.71. The lowest BCUT2D eigenvalue weighted by Gasteiger charge is -2.18. The van der Waals surface area contributed by atoms with E-state index in [1.54, 1.807) is 0 Å². The third-order valence-electron chi connectivity index (χ3n) is 1.71. The lowest BCUT2D eigenvalue weighted by molar-refractivity contribution is -0.153. The zero-order valence-corrected chi connectivity index (χ0v) is 8.33. The molecule has 2 N–H and O–H groups in total. The van der Waals surface area contributed by atoms with E-state index in [0.29, 0.717) is 6.54 Å². The van der Waals surface area contributed by atoms with Crippen molar-refractivity contribution in [1.29, 1.82) is 0 Å². The van der Waals surface area contributed by atoms with Crippen LogP contribution in [-0.4, -0.2) is 18.6 Å². The van der Waals surface area contributed by atoms with E-state index in [9.17, 15) is 4.79 Å². The Hall–Kier alpha value is -0.570. The molecule has 0 aliphatic rings. The molecule has 0 saturated heterocycles. The summed E-state index contributed by atoms with van der Waals surface area (Å²) in [6.07, 6.45) is -0.0506. The first-order valence-electron chi connectivity index (χ1n) is 4.39. The van der Waals surface area contributed by atoms with Crippen LogP contribution in [0, 0.1) is 11.8 Å². The predicted octanol–water partition coefficient (Wildman–Crippen LogP) is 1.17. The number of ether oxygens (including phenoxy) is 1. The molecule has 0 aliphatic carbocycles. The summed E-state index contributed by atoms with van der Waals surface area (Å²) in [5.41, 5.74) is 5.45. The van der Waals surface area contributed by atoms with Gasteiger partial charge in [0.15, 0.2) is 0 Å². The average Bonchev–Trinajstić information content (AvgIpc) is 1.85. The second-order valence-corrected chi connectivity index (χ2v) is 3.57. The van der Waals surface area contributed by atoms with Crippen LogP contribution >= 0.6 is 0 Å². The highest BCUT2D eigenvalue weighted by Gasteiger charge is 2.22. The van der Waals surface area contributed by atoms with Crippen molar-refractivity contribution >= 4 is 5.97 Å². The zero-order valence-electron chi connectivity index (χ0n) is 8.33. The van der Waals surface area contributed by atoms with Gasteiger partial charge >= 0.3 is 5.97 Å². The standard InChI is InChI=1S/C9H19NO2/c1-6(2)8(5-10)9(11)12-7(3)4/h6-8H,5,10H2,1-4H3. The van der Waals surface area contributed by atoms with Crippen LogP contribution in [0.4, 0.5) is 0 Å². The minimum Gasteiger partial charge on any atom is -0.463 e. The van der Waals surface area contributed by atoms with Gasteiger partial charge in [0.25, 0.3) is 0 Å². The van der Waals surface area contributed by atoms with Gasteiger partial charge in [-0.05, 0) is 19.8 Å². The fourth-order valence-electron chi connectivity index (χ4n) is 0.960. The molecule has 1 unspecified atom stereocenters. The van der Waals surface area contributed by atoms with Gasteiger partial charge in [0.2, 0.25) is 0 Å². The number of carbonyl (C=O) groups excluding carboxylic acids is 1. The number of hydrogen-bond donors (Lipinski definition) is 1. The number of carbonyl (C=O) groups is 1. The highest BCUT2D eigenvalue weighted by Crippen LogP contribution is 2.11. The van der Waals surface area contributed by atoms with Gasteiger partial charge in [-0.3, -0.25) is 4.79 Å². The smallest absolute Gasteiger partial charge is 0.310 e. The Bertz CT molecular complexity index is 143. The summed E-state index contributed by atoms with van der Waals surface area (Å²) >= 11 is 0. The highest BCUT2D eigenvalue weighted by molar-refractivity contribution is 5.73. The van der Waals surface area contributed by atoms with Crippen LogP contribution in [0.5, 0.6) is 0 Å². The minimum atomic E-state index is -0.178. The lowest BCUT2D eigenvalue weighted by atomic mass is 9.96. The van der Waals surface area contributed by atoms with Gasteiger partial charge in [-0.15, -0.1) is 0 Å². The molecular formula is C9H19NO2. The Morgan fingerprint density at radius 1 is 1.33 bits per heavy atom. The first-order valence-corrected chi connectivity index (χ1v) is 4.39. The summed E-state index contributed by atoms with van der Waals surface area (Å²) in [5.74, 6) is -0.0869. The largest absolute Gasteiger partial charge is 0.463 e. The number of hydrogen-bond acceptors (Lipinski definition) is 3. The third kappa shape index (κ3) is 3.72. The number of esters is 1. The molecule has 0 rings (SSSR count). The van der Waals surface area contributed by atoms with Gasteiger partial charge in [0.1, 0.15) is 0 Å². The fourth-order valence-corrected chi connectivity index (χ4v) is 0.960. The molecule has 3 nitrogen and oxygen atoms in total. The Labute approximate surface area is 74.3 Å². The Kier molecular flexibility index (Phi) is 4.90. The second kappa shape index (κ2) is 5.14. The van der Waals surface area contributed by atoms with Crippen LogP contribution in [0.2, 0.25) is 0 Å². The molecule has 0 aromatic heterocycles. The fraction of sp³-hybridized carbons (Fsp3) is 0.889. The normalized spacial score (nSPS) is 13.6. The first kappa shape index (κ1) is 11.4. The van der Waals surface area contributed by atoms with E-state index in [-0.39, 0.29) is 23.9 Å². The van der Waals surface area contributed by atoms with Gasteiger partial charge in [-0.2, -0.15) is 0 Å². The molecule has 0 fully saturated rings. The molecule has 0 bridgehead atoms. The Balaban J connectivity index is 4.04. The average molecular weight is 173 g/mol. The maximum absolute atomic E-state index is 11.3. The van der Waals surface area contributed by atoms with Gasteiger partial charge < -0.3 is 10.5 Å². The van der Waals surface area contributed by atoms with Crippen molar-refractivity contribution in [3.05, 3.63) is 0 Å². The summed E-state index contributed by atoms with van der Waals surface area (Å²) < 4.78 is 5.05. The lowest BCUT2D eigenvalue weighted by Crippen LogP contribution is -2.31. The van der Waals surface area contributed by atoms with Gasteiger partial charge in [-0.1, -0.05) is 13.8 Å². The van der Waals surface area contributed by atoms with Crippen molar-refractivity contribution in [2.45, 2.75) is 33.8 Å². The van der Waals surface area contributed by atoms with Crippen LogP contribution in [0.1, 0.15) is 27.7 Å². The first-order chi connectivity index (χ1) is 5.49. The zero-order chi connectivity index (χ0) is 9.72. The molecule has 72 valence electrons. The van der Waals surface area contributed by atoms with Crippen molar-refractivity contribution in [3.63, 3.8) is 0 Å². The second-order valence-electron chi connectivity index (χ2n) is 3.57. The minimum absolute atomic E-state index is 0.0506. The molecule has 0 aliphatic heterocycles. The topological polar surface area (TPSA) is 52.3 Å². The van der Waals surface area contributed by atoms with E-state index in [0.717, 1.165) is 0 Å². The van der Waals surface area contributed by atoms with Crippen molar-refractivity contribution < 1.29 is 9.53 Å². The highest BCUT2D eigenvalue weighted by atomic mass is 16.5. The van der Waals surface area contributed by atoms with E-state index >= 15 is 0 Å². The van der Waals surface area contributed by atoms with E-state index in [1.165, 1.54) is 0 Å². The van der Waals surface area contributed by atoms with Crippen LogP contribution in [0.3, 0.4) is 0 Å². The molecule has 0 saturated carbocycles. The Morgan fingerprint density at radius 3 is 2.08 bits per heavy atom. The van der Waals surface area contributed by atoms with Crippen LogP contribution in [-0.2, 0) is 9.53 Å². The van der Waals surface area contributed by atoms with Gasteiger partial charge in [0, 0.05) is 6.54 Å². The number of rotatable bonds is 4. The molecule has 0 radical (unpaired) electrons. The Morgan fingerprint density at radius 2 is 1.83 bits per heavy atom. The van der Waals surface area contributed by atoms with E-state index < -0.39 is 0 Å². The molecule has 3 heteroatoms. The summed E-state index contributed by atoms with van der Waals surface area (Å²) in [5, 5.41) is 0. The summed E-state index contributed by atoms with van der Waals surface area (Å²) in [6, 6.07) is 0. The maximum Gasteiger partial charge on any atom is 0.310 e. The van der Waals surface area contributed by atoms with Gasteiger partial charge in [0.05, 0.1) is 12.0 Å². The molecule has 0 spiro atoms. The summed E-state index contributed by atoms with van der Waals surface area (Å²) in [4.78, 5) is 11.3. The van der Waals surface area contributed by atoms with Crippen LogP contribution in [0.15, 0.2) is 0 Å². The SMILES string of the molecule is CC(C)OC(=O)C(CN)C(C)C. The molecule has 0 aromatic carbocycles. The van der Waals surface area contributed by atoms with E-state index in [4.69, 9.17) is 10.5 Å². The van der Waals surface area contributed by atoms with Crippen LogP contribution < -0.4 is 5.73 Å². The van der Waals surface area contributed by atoms with Crippen LogP contribution in [0.25, 0.3) is 0 Å². The quantitative estimate of drug-likeness (QED) is 0.649. The van der Waals surface area contributed by atoms with Crippen molar-refractivity contribution in [1.82, 2.24) is 0 Å².